The second-order valence-electron chi connectivity index (χ2n) is 10.4. The Balaban J connectivity index is 1.42. The lowest BCUT2D eigenvalue weighted by Gasteiger charge is -2.30. The van der Waals surface area contributed by atoms with Crippen molar-refractivity contribution in [3.8, 4) is 0 Å². The van der Waals surface area contributed by atoms with Crippen LogP contribution < -0.4 is 5.43 Å². The summed E-state index contributed by atoms with van der Waals surface area (Å²) < 4.78 is 5.77. The van der Waals surface area contributed by atoms with Gasteiger partial charge in [-0.05, 0) is 49.4 Å². The van der Waals surface area contributed by atoms with Crippen LogP contribution in [0.15, 0.2) is 94.3 Å². The molecule has 0 saturated heterocycles. The predicted octanol–water partition coefficient (Wildman–Crippen LogP) is 5.82. The minimum Gasteiger partial charge on any atom is -0.464 e. The van der Waals surface area contributed by atoms with E-state index >= 15 is 0 Å². The lowest BCUT2D eigenvalue weighted by molar-refractivity contribution is -0.142. The first kappa shape index (κ1) is 26.4. The highest BCUT2D eigenvalue weighted by molar-refractivity contribution is 5.89. The molecule has 1 fully saturated rings. The molecule has 0 radical (unpaired) electrons. The van der Waals surface area contributed by atoms with Crippen LogP contribution in [0.25, 0.3) is 11.0 Å². The fourth-order valence-corrected chi connectivity index (χ4v) is 5.09. The van der Waals surface area contributed by atoms with Crippen LogP contribution in [0.2, 0.25) is 0 Å². The molecule has 5 rings (SSSR count). The molecule has 1 atom stereocenters. The van der Waals surface area contributed by atoms with Gasteiger partial charge in [-0.15, -0.1) is 0 Å². The number of carbonyl (C=O) groups is 2. The first-order valence-corrected chi connectivity index (χ1v) is 13.6. The summed E-state index contributed by atoms with van der Waals surface area (Å²) in [5.41, 5.74) is 3.67. The van der Waals surface area contributed by atoms with Crippen LogP contribution in [0.5, 0.6) is 0 Å². The smallest absolute Gasteiger partial charge is 0.242 e. The van der Waals surface area contributed by atoms with Gasteiger partial charge < -0.3 is 14.2 Å². The van der Waals surface area contributed by atoms with Crippen molar-refractivity contribution in [1.82, 2.24) is 9.80 Å². The van der Waals surface area contributed by atoms with Crippen LogP contribution in [-0.4, -0.2) is 34.2 Å². The van der Waals surface area contributed by atoms with Crippen molar-refractivity contribution in [3.63, 3.8) is 0 Å². The summed E-state index contributed by atoms with van der Waals surface area (Å²) in [4.78, 5) is 44.4. The Labute approximate surface area is 228 Å². The lowest BCUT2D eigenvalue weighted by Crippen LogP contribution is -2.45. The van der Waals surface area contributed by atoms with E-state index in [2.05, 4.69) is 0 Å². The van der Waals surface area contributed by atoms with Crippen molar-refractivity contribution < 1.29 is 14.0 Å². The van der Waals surface area contributed by atoms with Crippen molar-refractivity contribution in [3.05, 3.63) is 118 Å². The first-order chi connectivity index (χ1) is 18.9. The summed E-state index contributed by atoms with van der Waals surface area (Å²) >= 11 is 0. The summed E-state index contributed by atoms with van der Waals surface area (Å²) in [7, 11) is 0. The minimum atomic E-state index is -0.294. The van der Waals surface area contributed by atoms with E-state index in [1.165, 1.54) is 6.26 Å². The summed E-state index contributed by atoms with van der Waals surface area (Å²) in [6, 6.07) is 25.0. The van der Waals surface area contributed by atoms with Crippen LogP contribution in [0, 0.1) is 6.92 Å². The van der Waals surface area contributed by atoms with Gasteiger partial charge in [0.05, 0.1) is 29.7 Å². The molecule has 6 heteroatoms. The third-order valence-electron chi connectivity index (χ3n) is 7.41. The van der Waals surface area contributed by atoms with Gasteiger partial charge in [0.25, 0.3) is 0 Å². The van der Waals surface area contributed by atoms with E-state index in [1.807, 2.05) is 86.6 Å². The molecular formula is C33H34N2O4. The van der Waals surface area contributed by atoms with E-state index in [0.29, 0.717) is 29.5 Å². The van der Waals surface area contributed by atoms with Crippen LogP contribution in [0.4, 0.5) is 0 Å². The lowest BCUT2D eigenvalue weighted by atomic mass is 9.95. The topological polar surface area (TPSA) is 70.8 Å². The largest absolute Gasteiger partial charge is 0.464 e. The Kier molecular flexibility index (Phi) is 7.92. The molecule has 0 aliphatic heterocycles. The maximum absolute atomic E-state index is 13.9. The number of amides is 2. The fourth-order valence-electron chi connectivity index (χ4n) is 5.09. The molecule has 4 aromatic rings. The van der Waals surface area contributed by atoms with Crippen molar-refractivity contribution in [2.45, 2.75) is 58.2 Å². The average Bonchev–Trinajstić information content (AvgIpc) is 3.80. The van der Waals surface area contributed by atoms with Gasteiger partial charge in [-0.1, -0.05) is 79.2 Å². The summed E-state index contributed by atoms with van der Waals surface area (Å²) in [5, 5.41) is 0.503. The Hall–Kier alpha value is -4.19. The van der Waals surface area contributed by atoms with E-state index in [0.717, 1.165) is 29.5 Å². The fraction of sp³-hybridized carbons (Fsp3) is 0.303. The molecule has 39 heavy (non-hydrogen) atoms. The molecule has 1 saturated carbocycles. The number of hydrogen-bond donors (Lipinski definition) is 0. The molecule has 1 aromatic heterocycles. The maximum atomic E-state index is 13.9. The Morgan fingerprint density at radius 3 is 2.31 bits per heavy atom. The zero-order valence-electron chi connectivity index (χ0n) is 22.5. The zero-order valence-corrected chi connectivity index (χ0v) is 22.5. The highest BCUT2D eigenvalue weighted by Crippen LogP contribution is 2.32. The first-order valence-electron chi connectivity index (χ1n) is 13.6. The number of carbonyl (C=O) groups excluding carboxylic acids is 2. The number of benzene rings is 3. The van der Waals surface area contributed by atoms with Crippen LogP contribution >= 0.6 is 0 Å². The van der Waals surface area contributed by atoms with E-state index < -0.39 is 0 Å². The molecule has 1 unspecified atom stereocenters. The van der Waals surface area contributed by atoms with Gasteiger partial charge in [0.2, 0.25) is 11.8 Å². The molecule has 3 aromatic carbocycles. The minimum absolute atomic E-state index is 0.0140. The molecule has 2 amide bonds. The quantitative estimate of drug-likeness (QED) is 0.263. The van der Waals surface area contributed by atoms with Gasteiger partial charge in [-0.2, -0.15) is 0 Å². The van der Waals surface area contributed by atoms with E-state index in [4.69, 9.17) is 4.42 Å². The molecule has 200 valence electrons. The van der Waals surface area contributed by atoms with E-state index in [9.17, 15) is 14.4 Å². The second-order valence-corrected chi connectivity index (χ2v) is 10.4. The van der Waals surface area contributed by atoms with Gasteiger partial charge in [0.1, 0.15) is 12.1 Å². The molecule has 0 N–H and O–H groups in total. The molecule has 0 spiro atoms. The number of aryl methyl sites for hydroxylation is 1. The summed E-state index contributed by atoms with van der Waals surface area (Å²) in [5.74, 6) is -0.497. The van der Waals surface area contributed by atoms with Crippen molar-refractivity contribution >= 4 is 22.8 Å². The van der Waals surface area contributed by atoms with E-state index in [1.54, 1.807) is 15.9 Å². The molecule has 6 nitrogen and oxygen atoms in total. The Morgan fingerprint density at radius 2 is 1.64 bits per heavy atom. The second kappa shape index (κ2) is 11.7. The van der Waals surface area contributed by atoms with E-state index in [-0.39, 0.29) is 42.3 Å². The van der Waals surface area contributed by atoms with Crippen molar-refractivity contribution in [2.75, 3.05) is 6.54 Å². The molecule has 1 aliphatic carbocycles. The summed E-state index contributed by atoms with van der Waals surface area (Å²) in [6.07, 6.45) is 3.91. The Bertz CT molecular complexity index is 1510. The third-order valence-corrected chi connectivity index (χ3v) is 7.41. The van der Waals surface area contributed by atoms with Crippen LogP contribution in [0.3, 0.4) is 0 Å². The normalized spacial score (nSPS) is 13.7. The third kappa shape index (κ3) is 6.11. The van der Waals surface area contributed by atoms with Gasteiger partial charge in [-0.25, -0.2) is 0 Å². The van der Waals surface area contributed by atoms with Gasteiger partial charge in [0, 0.05) is 12.6 Å². The average molecular weight is 523 g/mol. The zero-order chi connectivity index (χ0) is 27.4. The number of nitrogens with zero attached hydrogens (tertiary/aromatic N) is 2. The monoisotopic (exact) mass is 522 g/mol. The van der Waals surface area contributed by atoms with Crippen LogP contribution in [0.1, 0.15) is 54.4 Å². The van der Waals surface area contributed by atoms with Gasteiger partial charge in [0.15, 0.2) is 5.43 Å². The SMILES string of the molecule is CCC(C(=O)N(CC(=O)N(Cc1ccccc1)Cc1coc2ccc(C)cc2c1=O)C1CC1)c1ccccc1. The molecule has 1 aliphatic rings. The Morgan fingerprint density at radius 1 is 0.949 bits per heavy atom. The van der Waals surface area contributed by atoms with Crippen LogP contribution in [-0.2, 0) is 22.7 Å². The highest BCUT2D eigenvalue weighted by Gasteiger charge is 2.37. The number of rotatable bonds is 10. The van der Waals surface area contributed by atoms with Gasteiger partial charge in [-0.3, -0.25) is 14.4 Å². The van der Waals surface area contributed by atoms with Crippen molar-refractivity contribution in [1.29, 1.82) is 0 Å². The molecular weight excluding hydrogens is 488 g/mol. The van der Waals surface area contributed by atoms with Crippen molar-refractivity contribution in [2.24, 2.45) is 0 Å². The molecule has 1 heterocycles. The highest BCUT2D eigenvalue weighted by atomic mass is 16.3. The standard InChI is InChI=1S/C33H34N2O4/c1-3-28(25-12-8-5-9-13-25)33(38)35(27-15-16-27)21-31(36)34(19-24-10-6-4-7-11-24)20-26-22-39-30-17-14-23(2)18-29(30)32(26)37/h4-14,17-18,22,27-28H,3,15-16,19-21H2,1-2H3. The number of hydrogen-bond acceptors (Lipinski definition) is 4. The molecule has 0 bridgehead atoms. The maximum Gasteiger partial charge on any atom is 0.242 e. The van der Waals surface area contributed by atoms with Gasteiger partial charge >= 0.3 is 0 Å². The number of fused-ring (bicyclic) bond motifs is 1. The summed E-state index contributed by atoms with van der Waals surface area (Å²) in [6.45, 7) is 4.35. The predicted molar refractivity (Wildman–Crippen MR) is 152 cm³/mol.